The van der Waals surface area contributed by atoms with Gasteiger partial charge in [-0.15, -0.1) is 0 Å². The molecule has 0 spiro atoms. The lowest BCUT2D eigenvalue weighted by Gasteiger charge is -2.14. The fraction of sp³-hybridized carbons (Fsp3) is 0.333. The fourth-order valence-corrected chi connectivity index (χ4v) is 4.75. The number of thioether (sulfide) groups is 1. The molecule has 1 fully saturated rings. The number of anilines is 1. The molecule has 0 aromatic heterocycles. The van der Waals surface area contributed by atoms with E-state index in [-0.39, 0.29) is 17.8 Å². The number of nitrogens with zero attached hydrogens (tertiary/aromatic N) is 2. The molecular formula is C27H31N3O4S2. The summed E-state index contributed by atoms with van der Waals surface area (Å²) in [6, 6.07) is 16.4. The Labute approximate surface area is 221 Å². The van der Waals surface area contributed by atoms with Crippen LogP contribution < -0.4 is 5.32 Å². The van der Waals surface area contributed by atoms with Crippen molar-refractivity contribution >= 4 is 57.8 Å². The molecule has 36 heavy (non-hydrogen) atoms. The third-order valence-corrected chi connectivity index (χ3v) is 6.81. The van der Waals surface area contributed by atoms with Gasteiger partial charge in [-0.05, 0) is 62.8 Å². The van der Waals surface area contributed by atoms with Crippen molar-refractivity contribution in [3.8, 4) is 0 Å². The van der Waals surface area contributed by atoms with Crippen molar-refractivity contribution in [3.05, 3.63) is 70.6 Å². The number of thiocarbonyl (C=S) groups is 1. The van der Waals surface area contributed by atoms with E-state index in [1.54, 1.807) is 29.2 Å². The number of benzene rings is 2. The maximum atomic E-state index is 12.7. The number of unbranched alkanes of at least 4 members (excludes halogenated alkanes) is 2. The second kappa shape index (κ2) is 13.9. The van der Waals surface area contributed by atoms with Gasteiger partial charge in [0, 0.05) is 25.2 Å². The summed E-state index contributed by atoms with van der Waals surface area (Å²) in [6.07, 6.45) is 4.52. The minimum absolute atomic E-state index is 0.0587. The van der Waals surface area contributed by atoms with Crippen molar-refractivity contribution in [1.82, 2.24) is 9.80 Å². The number of hydrogen-bond donors (Lipinski definition) is 1. The summed E-state index contributed by atoms with van der Waals surface area (Å²) < 4.78 is 5.79. The Morgan fingerprint density at radius 1 is 1.06 bits per heavy atom. The summed E-state index contributed by atoms with van der Waals surface area (Å²) >= 11 is 6.72. The van der Waals surface area contributed by atoms with Crippen molar-refractivity contribution in [3.63, 3.8) is 0 Å². The molecule has 1 saturated heterocycles. The van der Waals surface area contributed by atoms with Gasteiger partial charge >= 0.3 is 5.97 Å². The topological polar surface area (TPSA) is 79.0 Å². The third-order valence-electron chi connectivity index (χ3n) is 5.43. The number of esters is 1. The lowest BCUT2D eigenvalue weighted by molar-refractivity contribution is -0.122. The molecule has 0 atom stereocenters. The zero-order valence-corrected chi connectivity index (χ0v) is 22.2. The van der Waals surface area contributed by atoms with E-state index in [0.29, 0.717) is 53.0 Å². The second-order valence-corrected chi connectivity index (χ2v) is 10.3. The zero-order valence-electron chi connectivity index (χ0n) is 20.6. The largest absolute Gasteiger partial charge is 0.461 e. The van der Waals surface area contributed by atoms with Gasteiger partial charge in [0.05, 0.1) is 10.5 Å². The van der Waals surface area contributed by atoms with E-state index in [2.05, 4.69) is 5.32 Å². The van der Waals surface area contributed by atoms with Crippen LogP contribution in [-0.2, 0) is 14.3 Å². The van der Waals surface area contributed by atoms with Crippen molar-refractivity contribution in [2.24, 2.45) is 0 Å². The molecule has 2 aromatic rings. The molecule has 3 rings (SSSR count). The van der Waals surface area contributed by atoms with Crippen LogP contribution in [-0.4, -0.2) is 65.7 Å². The minimum atomic E-state index is -0.383. The Balaban J connectivity index is 1.35. The number of likely N-dealkylation sites (N-methyl/N-ethyl adjacent to an activating group) is 1. The van der Waals surface area contributed by atoms with Gasteiger partial charge in [0.25, 0.3) is 5.91 Å². The zero-order chi connectivity index (χ0) is 25.9. The number of ether oxygens (including phenoxy) is 1. The highest BCUT2D eigenvalue weighted by Crippen LogP contribution is 2.32. The molecule has 7 nitrogen and oxygen atoms in total. The molecule has 2 amide bonds. The smallest absolute Gasteiger partial charge is 0.338 e. The number of rotatable bonds is 12. The normalized spacial score (nSPS) is 14.5. The van der Waals surface area contributed by atoms with Crippen LogP contribution in [0.4, 0.5) is 5.69 Å². The van der Waals surface area contributed by atoms with Crippen LogP contribution in [0.5, 0.6) is 0 Å². The lowest BCUT2D eigenvalue weighted by Crippen LogP contribution is -2.29. The molecular weight excluding hydrogens is 494 g/mol. The van der Waals surface area contributed by atoms with E-state index in [1.807, 2.05) is 55.4 Å². The Morgan fingerprint density at radius 3 is 2.47 bits per heavy atom. The van der Waals surface area contributed by atoms with Crippen LogP contribution in [0.1, 0.15) is 41.6 Å². The van der Waals surface area contributed by atoms with E-state index >= 15 is 0 Å². The van der Waals surface area contributed by atoms with Gasteiger partial charge < -0.3 is 15.0 Å². The summed E-state index contributed by atoms with van der Waals surface area (Å²) in [7, 11) is 3.82. The third kappa shape index (κ3) is 8.58. The highest BCUT2D eigenvalue weighted by atomic mass is 32.2. The predicted molar refractivity (Wildman–Crippen MR) is 149 cm³/mol. The molecule has 190 valence electrons. The summed E-state index contributed by atoms with van der Waals surface area (Å²) in [5.41, 5.74) is 2.05. The minimum Gasteiger partial charge on any atom is -0.461 e. The van der Waals surface area contributed by atoms with Crippen LogP contribution in [0.25, 0.3) is 6.08 Å². The highest BCUT2D eigenvalue weighted by Gasteiger charge is 2.31. The monoisotopic (exact) mass is 525 g/mol. The Morgan fingerprint density at radius 2 is 1.78 bits per heavy atom. The van der Waals surface area contributed by atoms with Crippen molar-refractivity contribution < 1.29 is 19.1 Å². The quantitative estimate of drug-likeness (QED) is 0.184. The SMILES string of the molecule is CN(C)CCOC(=O)c1ccc(NC(=O)CCCCCN2C(=O)/C(=C/c3ccccc3)SC2=S)cc1. The number of carbonyl (C=O) groups is 3. The molecule has 2 aromatic carbocycles. The van der Waals surface area contributed by atoms with Gasteiger partial charge in [0.15, 0.2) is 0 Å². The van der Waals surface area contributed by atoms with E-state index in [1.165, 1.54) is 11.8 Å². The van der Waals surface area contributed by atoms with E-state index in [0.717, 1.165) is 18.4 Å². The van der Waals surface area contributed by atoms with Gasteiger partial charge in [-0.25, -0.2) is 4.79 Å². The van der Waals surface area contributed by atoms with Crippen LogP contribution in [0, 0.1) is 0 Å². The van der Waals surface area contributed by atoms with Crippen molar-refractivity contribution in [1.29, 1.82) is 0 Å². The molecule has 1 N–H and O–H groups in total. The Bertz CT molecular complexity index is 1100. The second-order valence-electron chi connectivity index (χ2n) is 8.62. The number of nitrogens with one attached hydrogen (secondary N) is 1. The van der Waals surface area contributed by atoms with E-state index in [4.69, 9.17) is 17.0 Å². The van der Waals surface area contributed by atoms with Crippen LogP contribution >= 0.6 is 24.0 Å². The van der Waals surface area contributed by atoms with Gasteiger partial charge in [-0.3, -0.25) is 14.5 Å². The summed E-state index contributed by atoms with van der Waals surface area (Å²) in [6.45, 7) is 1.53. The van der Waals surface area contributed by atoms with Crippen molar-refractivity contribution in [2.75, 3.05) is 39.1 Å². The first-order valence-corrected chi connectivity index (χ1v) is 13.1. The first-order chi connectivity index (χ1) is 17.3. The van der Waals surface area contributed by atoms with Gasteiger partial charge in [-0.1, -0.05) is 60.7 Å². The van der Waals surface area contributed by atoms with Gasteiger partial charge in [-0.2, -0.15) is 0 Å². The maximum Gasteiger partial charge on any atom is 0.338 e. The van der Waals surface area contributed by atoms with E-state index in [9.17, 15) is 14.4 Å². The summed E-state index contributed by atoms with van der Waals surface area (Å²) in [5, 5.41) is 2.85. The van der Waals surface area contributed by atoms with Gasteiger partial charge in [0.2, 0.25) is 5.91 Å². The highest BCUT2D eigenvalue weighted by molar-refractivity contribution is 8.26. The molecule has 0 bridgehead atoms. The molecule has 0 unspecified atom stereocenters. The molecule has 0 saturated carbocycles. The Hall–Kier alpha value is -3.01. The molecule has 1 heterocycles. The first kappa shape index (κ1) is 27.6. The maximum absolute atomic E-state index is 12.7. The summed E-state index contributed by atoms with van der Waals surface area (Å²) in [5.74, 6) is -0.531. The number of carbonyl (C=O) groups excluding carboxylic acids is 3. The average Bonchev–Trinajstić information content (AvgIpc) is 3.11. The predicted octanol–water partition coefficient (Wildman–Crippen LogP) is 4.81. The molecule has 1 aliphatic heterocycles. The van der Waals surface area contributed by atoms with E-state index < -0.39 is 0 Å². The molecule has 1 aliphatic rings. The lowest BCUT2D eigenvalue weighted by atomic mass is 10.1. The van der Waals surface area contributed by atoms with Crippen LogP contribution in [0.3, 0.4) is 0 Å². The molecule has 9 heteroatoms. The number of hydrogen-bond acceptors (Lipinski definition) is 7. The summed E-state index contributed by atoms with van der Waals surface area (Å²) in [4.78, 5) is 41.2. The van der Waals surface area contributed by atoms with Gasteiger partial charge in [0.1, 0.15) is 10.9 Å². The first-order valence-electron chi connectivity index (χ1n) is 11.9. The Kier molecular flexibility index (Phi) is 10.7. The van der Waals surface area contributed by atoms with Crippen LogP contribution in [0.2, 0.25) is 0 Å². The van der Waals surface area contributed by atoms with Crippen LogP contribution in [0.15, 0.2) is 59.5 Å². The molecule has 0 radical (unpaired) electrons. The average molecular weight is 526 g/mol. The number of amides is 2. The molecule has 0 aliphatic carbocycles. The van der Waals surface area contributed by atoms with Crippen molar-refractivity contribution in [2.45, 2.75) is 25.7 Å². The standard InChI is InChI=1S/C27H31N3O4S2/c1-29(2)17-18-34-26(33)21-12-14-22(15-13-21)28-24(31)11-7-4-8-16-30-25(32)23(36-27(30)35)19-20-9-5-3-6-10-20/h3,5-6,9-10,12-15,19H,4,7-8,11,16-18H2,1-2H3,(H,28,31)/b23-19-. The fourth-order valence-electron chi connectivity index (χ4n) is 3.44.